The molecule has 0 radical (unpaired) electrons. The van der Waals surface area contributed by atoms with Crippen molar-refractivity contribution in [2.24, 2.45) is 0 Å². The minimum Gasteiger partial charge on any atom is -0.259 e. The van der Waals surface area contributed by atoms with Crippen molar-refractivity contribution in [3.63, 3.8) is 0 Å². The molecule has 0 saturated carbocycles. The molecular formula is C16H11ClFN3O2S. The van der Waals surface area contributed by atoms with Crippen LogP contribution >= 0.6 is 11.6 Å². The van der Waals surface area contributed by atoms with E-state index in [1.54, 1.807) is 0 Å². The molecule has 0 N–H and O–H groups in total. The fourth-order valence-corrected chi connectivity index (χ4v) is 3.64. The van der Waals surface area contributed by atoms with Crippen LogP contribution in [0.15, 0.2) is 72.0 Å². The van der Waals surface area contributed by atoms with Crippen molar-refractivity contribution in [3.8, 4) is 0 Å². The van der Waals surface area contributed by atoms with Crippen LogP contribution in [0, 0.1) is 5.82 Å². The fraction of sp³-hybridized carbons (Fsp3) is 0. The second kappa shape index (κ2) is 6.54. The molecule has 0 unspecified atom stereocenters. The molecule has 5 nitrogen and oxygen atoms in total. The molecule has 0 fully saturated rings. The highest BCUT2D eigenvalue weighted by molar-refractivity contribution is 7.93. The number of hydrogen-bond acceptors (Lipinski definition) is 4. The van der Waals surface area contributed by atoms with Crippen LogP contribution in [0.2, 0.25) is 5.02 Å². The first-order valence-electron chi connectivity index (χ1n) is 6.81. The molecular weight excluding hydrogens is 353 g/mol. The molecule has 0 atom stereocenters. The van der Waals surface area contributed by atoms with E-state index < -0.39 is 15.8 Å². The predicted molar refractivity (Wildman–Crippen MR) is 89.2 cm³/mol. The van der Waals surface area contributed by atoms with E-state index in [4.69, 9.17) is 11.6 Å². The Kier molecular flexibility index (Phi) is 4.46. The lowest BCUT2D eigenvalue weighted by Crippen LogP contribution is -2.27. The normalized spacial score (nSPS) is 11.2. The third-order valence-corrected chi connectivity index (χ3v) is 5.17. The van der Waals surface area contributed by atoms with Gasteiger partial charge in [0.1, 0.15) is 5.82 Å². The summed E-state index contributed by atoms with van der Waals surface area (Å²) in [5, 5.41) is 0.418. The van der Waals surface area contributed by atoms with Crippen LogP contribution in [0.25, 0.3) is 0 Å². The van der Waals surface area contributed by atoms with E-state index in [-0.39, 0.29) is 16.4 Å². The minimum absolute atomic E-state index is 0.0295. The average molecular weight is 364 g/mol. The second-order valence-corrected chi connectivity index (χ2v) is 6.99. The van der Waals surface area contributed by atoms with E-state index in [1.807, 2.05) is 0 Å². The van der Waals surface area contributed by atoms with Crippen LogP contribution in [0.3, 0.4) is 0 Å². The van der Waals surface area contributed by atoms with Crippen molar-refractivity contribution >= 4 is 33.1 Å². The summed E-state index contributed by atoms with van der Waals surface area (Å²) in [5.41, 5.74) is 0.242. The molecule has 1 heterocycles. The van der Waals surface area contributed by atoms with E-state index >= 15 is 0 Å². The maximum absolute atomic E-state index is 13.2. The Morgan fingerprint density at radius 3 is 2.21 bits per heavy atom. The van der Waals surface area contributed by atoms with Crippen molar-refractivity contribution in [2.45, 2.75) is 4.90 Å². The maximum atomic E-state index is 13.2. The Bertz CT molecular complexity index is 933. The highest BCUT2D eigenvalue weighted by Crippen LogP contribution is 2.31. The Labute approximate surface area is 143 Å². The van der Waals surface area contributed by atoms with E-state index in [1.165, 1.54) is 67.1 Å². The Morgan fingerprint density at radius 2 is 1.62 bits per heavy atom. The Balaban J connectivity index is 2.17. The summed E-state index contributed by atoms with van der Waals surface area (Å²) < 4.78 is 40.3. The van der Waals surface area contributed by atoms with Crippen molar-refractivity contribution in [1.82, 2.24) is 9.97 Å². The monoisotopic (exact) mass is 363 g/mol. The zero-order chi connectivity index (χ0) is 17.2. The molecule has 122 valence electrons. The van der Waals surface area contributed by atoms with Crippen molar-refractivity contribution in [2.75, 3.05) is 4.31 Å². The van der Waals surface area contributed by atoms with Gasteiger partial charge in [-0.25, -0.2) is 22.1 Å². The van der Waals surface area contributed by atoms with Gasteiger partial charge in [0.2, 0.25) is 0 Å². The first-order valence-corrected chi connectivity index (χ1v) is 8.63. The van der Waals surface area contributed by atoms with Gasteiger partial charge >= 0.3 is 0 Å². The zero-order valence-corrected chi connectivity index (χ0v) is 13.7. The van der Waals surface area contributed by atoms with Crippen molar-refractivity contribution < 1.29 is 12.8 Å². The zero-order valence-electron chi connectivity index (χ0n) is 12.2. The van der Waals surface area contributed by atoms with E-state index in [9.17, 15) is 12.8 Å². The SMILES string of the molecule is O=S(=O)(c1ccc(Cl)cc1)N(c1ccc(F)cc1)c1cnccn1. The summed E-state index contributed by atoms with van der Waals surface area (Å²) in [7, 11) is -3.99. The molecule has 3 rings (SSSR count). The van der Waals surface area contributed by atoms with Gasteiger partial charge in [-0.05, 0) is 48.5 Å². The number of aromatic nitrogens is 2. The van der Waals surface area contributed by atoms with Crippen LogP contribution in [0.5, 0.6) is 0 Å². The van der Waals surface area contributed by atoms with Crippen LogP contribution in [0.1, 0.15) is 0 Å². The third kappa shape index (κ3) is 3.22. The number of benzene rings is 2. The first kappa shape index (κ1) is 16.4. The molecule has 0 bridgehead atoms. The van der Waals surface area contributed by atoms with Crippen LogP contribution in [-0.4, -0.2) is 18.4 Å². The molecule has 8 heteroatoms. The first-order chi connectivity index (χ1) is 11.5. The highest BCUT2D eigenvalue weighted by Gasteiger charge is 2.27. The summed E-state index contributed by atoms with van der Waals surface area (Å²) >= 11 is 5.82. The van der Waals surface area contributed by atoms with Crippen molar-refractivity contribution in [1.29, 1.82) is 0 Å². The van der Waals surface area contributed by atoms with Crippen molar-refractivity contribution in [3.05, 3.63) is 78.0 Å². The van der Waals surface area contributed by atoms with Gasteiger partial charge in [0, 0.05) is 17.4 Å². The largest absolute Gasteiger partial charge is 0.269 e. The average Bonchev–Trinajstić information content (AvgIpc) is 2.58. The van der Waals surface area contributed by atoms with Crippen LogP contribution < -0.4 is 4.31 Å². The third-order valence-electron chi connectivity index (χ3n) is 3.17. The number of hydrogen-bond donors (Lipinski definition) is 0. The molecule has 24 heavy (non-hydrogen) atoms. The Hall–Kier alpha value is -2.51. The lowest BCUT2D eigenvalue weighted by molar-refractivity contribution is 0.595. The molecule has 0 aliphatic carbocycles. The van der Waals surface area contributed by atoms with Gasteiger partial charge in [0.15, 0.2) is 5.82 Å². The minimum atomic E-state index is -3.99. The van der Waals surface area contributed by atoms with Gasteiger partial charge in [-0.2, -0.15) is 0 Å². The number of sulfonamides is 1. The maximum Gasteiger partial charge on any atom is 0.269 e. The van der Waals surface area contributed by atoms with Gasteiger partial charge in [-0.3, -0.25) is 4.98 Å². The lowest BCUT2D eigenvalue weighted by atomic mass is 10.3. The molecule has 0 aliphatic heterocycles. The highest BCUT2D eigenvalue weighted by atomic mass is 35.5. The smallest absolute Gasteiger partial charge is 0.259 e. The van der Waals surface area contributed by atoms with Gasteiger partial charge in [-0.1, -0.05) is 11.6 Å². The van der Waals surface area contributed by atoms with Crippen LogP contribution in [0.4, 0.5) is 15.9 Å². The lowest BCUT2D eigenvalue weighted by Gasteiger charge is -2.23. The summed E-state index contributed by atoms with van der Waals surface area (Å²) in [6, 6.07) is 10.8. The van der Waals surface area contributed by atoms with Gasteiger partial charge in [0.05, 0.1) is 16.8 Å². The Morgan fingerprint density at radius 1 is 0.958 bits per heavy atom. The molecule has 0 aliphatic rings. The standard InChI is InChI=1S/C16H11ClFN3O2S/c17-12-1-7-15(8-2-12)24(22,23)21(16-11-19-9-10-20-16)14-5-3-13(18)4-6-14/h1-11H. The quantitative estimate of drug-likeness (QED) is 0.707. The van der Waals surface area contributed by atoms with Gasteiger partial charge < -0.3 is 0 Å². The molecule has 3 aromatic rings. The number of anilines is 2. The number of rotatable bonds is 4. The van der Waals surface area contributed by atoms with E-state index in [2.05, 4.69) is 9.97 Å². The molecule has 0 spiro atoms. The summed E-state index contributed by atoms with van der Waals surface area (Å²) in [6.45, 7) is 0. The molecule has 0 saturated heterocycles. The molecule has 1 aromatic heterocycles. The van der Waals surface area contributed by atoms with Gasteiger partial charge in [0.25, 0.3) is 10.0 Å². The summed E-state index contributed by atoms with van der Waals surface area (Å²) in [6.07, 6.45) is 4.13. The molecule has 0 amide bonds. The summed E-state index contributed by atoms with van der Waals surface area (Å²) in [4.78, 5) is 7.99. The van der Waals surface area contributed by atoms with E-state index in [0.29, 0.717) is 5.02 Å². The second-order valence-electron chi connectivity index (χ2n) is 4.76. The number of halogens is 2. The predicted octanol–water partition coefficient (Wildman–Crippen LogP) is 3.80. The van der Waals surface area contributed by atoms with Crippen LogP contribution in [-0.2, 0) is 10.0 Å². The topological polar surface area (TPSA) is 63.2 Å². The fourth-order valence-electron chi connectivity index (χ4n) is 2.08. The van der Waals surface area contributed by atoms with E-state index in [0.717, 1.165) is 4.31 Å². The number of nitrogens with zero attached hydrogens (tertiary/aromatic N) is 3. The van der Waals surface area contributed by atoms with Gasteiger partial charge in [-0.15, -0.1) is 0 Å². The summed E-state index contributed by atoms with van der Waals surface area (Å²) in [5.74, 6) is -0.374. The molecule has 2 aromatic carbocycles.